The Balaban J connectivity index is 2.52. The van der Waals surface area contributed by atoms with Crippen LogP contribution in [0.4, 0.5) is 4.39 Å². The highest BCUT2D eigenvalue weighted by atomic mass is 35.5. The van der Waals surface area contributed by atoms with Gasteiger partial charge in [0.15, 0.2) is 0 Å². The van der Waals surface area contributed by atoms with Gasteiger partial charge in [-0.3, -0.25) is 0 Å². The second-order valence-corrected chi connectivity index (χ2v) is 4.36. The van der Waals surface area contributed by atoms with Gasteiger partial charge in [0.25, 0.3) is 0 Å². The molecule has 2 N–H and O–H groups in total. The fourth-order valence-corrected chi connectivity index (χ4v) is 1.86. The van der Waals surface area contributed by atoms with Crippen LogP contribution in [0.2, 0.25) is 5.02 Å². The summed E-state index contributed by atoms with van der Waals surface area (Å²) >= 11 is 5.80. The zero-order valence-electron chi connectivity index (χ0n) is 8.11. The van der Waals surface area contributed by atoms with Gasteiger partial charge in [-0.1, -0.05) is 24.6 Å². The molecule has 1 aliphatic rings. The summed E-state index contributed by atoms with van der Waals surface area (Å²) in [7, 11) is 0. The van der Waals surface area contributed by atoms with E-state index in [-0.39, 0.29) is 10.8 Å². The maximum atomic E-state index is 13.6. The van der Waals surface area contributed by atoms with Gasteiger partial charge < -0.3 is 5.73 Å². The van der Waals surface area contributed by atoms with Gasteiger partial charge in [0.2, 0.25) is 0 Å². The average molecular weight is 214 g/mol. The third-order valence-corrected chi connectivity index (χ3v) is 3.10. The van der Waals surface area contributed by atoms with Gasteiger partial charge in [0.1, 0.15) is 5.82 Å². The van der Waals surface area contributed by atoms with Gasteiger partial charge in [-0.05, 0) is 30.9 Å². The summed E-state index contributed by atoms with van der Waals surface area (Å²) in [6.45, 7) is 2.02. The van der Waals surface area contributed by atoms with E-state index in [1.807, 2.05) is 13.0 Å². The Bertz CT molecular complexity index is 372. The summed E-state index contributed by atoms with van der Waals surface area (Å²) in [5, 5.41) is 0.191. The predicted octanol–water partition coefficient (Wildman–Crippen LogP) is 2.99. The van der Waals surface area contributed by atoms with E-state index in [2.05, 4.69) is 0 Å². The van der Waals surface area contributed by atoms with E-state index in [1.165, 1.54) is 0 Å². The highest BCUT2D eigenvalue weighted by Crippen LogP contribution is 2.45. The van der Waals surface area contributed by atoms with Crippen LogP contribution in [0.15, 0.2) is 12.1 Å². The molecular weight excluding hydrogens is 201 g/mol. The van der Waals surface area contributed by atoms with Gasteiger partial charge in [0.05, 0.1) is 5.02 Å². The van der Waals surface area contributed by atoms with E-state index in [1.54, 1.807) is 6.07 Å². The molecule has 1 nitrogen and oxygen atoms in total. The number of hydrogen-bond donors (Lipinski definition) is 1. The molecule has 76 valence electrons. The second kappa shape index (κ2) is 3.21. The van der Waals surface area contributed by atoms with E-state index >= 15 is 0 Å². The van der Waals surface area contributed by atoms with Crippen molar-refractivity contribution in [3.05, 3.63) is 34.1 Å². The Morgan fingerprint density at radius 2 is 2.14 bits per heavy atom. The average Bonchev–Trinajstić information content (AvgIpc) is 2.89. The van der Waals surface area contributed by atoms with E-state index in [0.717, 1.165) is 24.8 Å². The number of aryl methyl sites for hydroxylation is 1. The number of rotatable bonds is 2. The Morgan fingerprint density at radius 1 is 1.50 bits per heavy atom. The van der Waals surface area contributed by atoms with Crippen LogP contribution < -0.4 is 5.73 Å². The first-order valence-corrected chi connectivity index (χ1v) is 5.22. The minimum absolute atomic E-state index is 0.191. The monoisotopic (exact) mass is 213 g/mol. The quantitative estimate of drug-likeness (QED) is 0.803. The second-order valence-electron chi connectivity index (χ2n) is 3.95. The first-order valence-electron chi connectivity index (χ1n) is 4.84. The number of benzene rings is 1. The molecule has 1 saturated carbocycles. The van der Waals surface area contributed by atoms with Crippen LogP contribution in [0.3, 0.4) is 0 Å². The van der Waals surface area contributed by atoms with E-state index in [0.29, 0.717) is 5.56 Å². The zero-order valence-corrected chi connectivity index (χ0v) is 8.87. The molecule has 0 atom stereocenters. The summed E-state index contributed by atoms with van der Waals surface area (Å²) in [5.41, 5.74) is 7.15. The van der Waals surface area contributed by atoms with Crippen LogP contribution in [0.25, 0.3) is 0 Å². The van der Waals surface area contributed by atoms with Crippen LogP contribution in [-0.4, -0.2) is 0 Å². The molecule has 3 heteroatoms. The van der Waals surface area contributed by atoms with Crippen molar-refractivity contribution < 1.29 is 4.39 Å². The minimum atomic E-state index is -0.446. The highest BCUT2D eigenvalue weighted by molar-refractivity contribution is 6.30. The molecule has 1 aromatic rings. The Hall–Kier alpha value is -0.600. The molecule has 1 fully saturated rings. The Labute approximate surface area is 88.1 Å². The molecule has 1 aromatic carbocycles. The molecule has 0 heterocycles. The van der Waals surface area contributed by atoms with Crippen molar-refractivity contribution in [3.63, 3.8) is 0 Å². The largest absolute Gasteiger partial charge is 0.321 e. The van der Waals surface area contributed by atoms with Gasteiger partial charge in [-0.2, -0.15) is 0 Å². The van der Waals surface area contributed by atoms with Crippen LogP contribution in [-0.2, 0) is 12.0 Å². The van der Waals surface area contributed by atoms with Crippen LogP contribution >= 0.6 is 11.6 Å². The fraction of sp³-hybridized carbons (Fsp3) is 0.455. The molecule has 0 aromatic heterocycles. The van der Waals surface area contributed by atoms with Crippen LogP contribution in [0, 0.1) is 5.82 Å². The van der Waals surface area contributed by atoms with Crippen molar-refractivity contribution in [1.82, 2.24) is 0 Å². The fourth-order valence-electron chi connectivity index (χ4n) is 1.62. The van der Waals surface area contributed by atoms with E-state index in [9.17, 15) is 4.39 Å². The lowest BCUT2D eigenvalue weighted by Crippen LogP contribution is -2.20. The first-order chi connectivity index (χ1) is 6.57. The highest BCUT2D eigenvalue weighted by Gasteiger charge is 2.42. The van der Waals surface area contributed by atoms with Gasteiger partial charge in [-0.25, -0.2) is 4.39 Å². The molecule has 0 bridgehead atoms. The summed E-state index contributed by atoms with van der Waals surface area (Å²) < 4.78 is 13.6. The SMILES string of the molecule is CCc1cc(Cl)c(F)c(C2(N)CC2)c1. The third kappa shape index (κ3) is 1.53. The molecule has 0 unspecified atom stereocenters. The number of nitrogens with two attached hydrogens (primary N) is 1. The molecule has 0 saturated heterocycles. The van der Waals surface area contributed by atoms with Crippen molar-refractivity contribution in [3.8, 4) is 0 Å². The molecule has 0 aliphatic heterocycles. The number of hydrogen-bond acceptors (Lipinski definition) is 1. The predicted molar refractivity (Wildman–Crippen MR) is 55.9 cm³/mol. The summed E-state index contributed by atoms with van der Waals surface area (Å²) in [4.78, 5) is 0. The number of halogens is 2. The summed E-state index contributed by atoms with van der Waals surface area (Å²) in [6.07, 6.45) is 2.56. The van der Waals surface area contributed by atoms with Crippen molar-refractivity contribution in [1.29, 1.82) is 0 Å². The minimum Gasteiger partial charge on any atom is -0.321 e. The standard InChI is InChI=1S/C11H13ClFN/c1-2-7-5-8(11(14)3-4-11)10(13)9(12)6-7/h5-6H,2-4,14H2,1H3. The van der Waals surface area contributed by atoms with Crippen LogP contribution in [0.1, 0.15) is 30.9 Å². The maximum absolute atomic E-state index is 13.6. The lowest BCUT2D eigenvalue weighted by molar-refractivity contribution is 0.577. The molecular formula is C11H13ClFN. The van der Waals surface area contributed by atoms with Crippen molar-refractivity contribution in [2.24, 2.45) is 5.73 Å². The summed E-state index contributed by atoms with van der Waals surface area (Å²) in [6, 6.07) is 3.51. The Morgan fingerprint density at radius 3 is 2.64 bits per heavy atom. The third-order valence-electron chi connectivity index (χ3n) is 2.82. The van der Waals surface area contributed by atoms with Crippen molar-refractivity contribution >= 4 is 11.6 Å². The summed E-state index contributed by atoms with van der Waals surface area (Å²) in [5.74, 6) is -0.344. The normalized spacial score (nSPS) is 18.3. The van der Waals surface area contributed by atoms with Crippen molar-refractivity contribution in [2.45, 2.75) is 31.7 Å². The molecule has 0 amide bonds. The van der Waals surface area contributed by atoms with Gasteiger partial charge in [-0.15, -0.1) is 0 Å². The van der Waals surface area contributed by atoms with E-state index < -0.39 is 5.54 Å². The molecule has 0 spiro atoms. The molecule has 14 heavy (non-hydrogen) atoms. The smallest absolute Gasteiger partial charge is 0.146 e. The molecule has 0 radical (unpaired) electrons. The Kier molecular flexibility index (Phi) is 2.28. The molecule has 2 rings (SSSR count). The zero-order chi connectivity index (χ0) is 10.3. The van der Waals surface area contributed by atoms with E-state index in [4.69, 9.17) is 17.3 Å². The topological polar surface area (TPSA) is 26.0 Å². The van der Waals surface area contributed by atoms with Crippen LogP contribution in [0.5, 0.6) is 0 Å². The van der Waals surface area contributed by atoms with Gasteiger partial charge in [0, 0.05) is 11.1 Å². The lowest BCUT2D eigenvalue weighted by Gasteiger charge is -2.13. The molecule has 1 aliphatic carbocycles. The first kappa shape index (κ1) is 9.94. The lowest BCUT2D eigenvalue weighted by atomic mass is 10.0. The van der Waals surface area contributed by atoms with Gasteiger partial charge >= 0.3 is 0 Å². The maximum Gasteiger partial charge on any atom is 0.146 e. The van der Waals surface area contributed by atoms with Crippen molar-refractivity contribution in [2.75, 3.05) is 0 Å².